The van der Waals surface area contributed by atoms with Crippen LogP contribution in [0.2, 0.25) is 0 Å². The number of aromatic nitrogens is 3. The van der Waals surface area contributed by atoms with E-state index in [0.717, 1.165) is 41.9 Å². The molecule has 3 aromatic rings. The zero-order valence-electron chi connectivity index (χ0n) is 21.1. The van der Waals surface area contributed by atoms with Crippen LogP contribution in [0, 0.1) is 0 Å². The van der Waals surface area contributed by atoms with Gasteiger partial charge in [-0.3, -0.25) is 14.6 Å². The molecule has 9 nitrogen and oxygen atoms in total. The molecule has 9 heteroatoms. The van der Waals surface area contributed by atoms with Crippen LogP contribution in [0.4, 0.5) is 0 Å². The number of ether oxygens (including phenoxy) is 2. The van der Waals surface area contributed by atoms with Gasteiger partial charge in [0, 0.05) is 38.8 Å². The van der Waals surface area contributed by atoms with Gasteiger partial charge in [0.05, 0.1) is 13.2 Å². The van der Waals surface area contributed by atoms with Crippen molar-refractivity contribution in [2.24, 2.45) is 0 Å². The average molecular weight is 494 g/mol. The van der Waals surface area contributed by atoms with Crippen LogP contribution in [0.3, 0.4) is 0 Å². The highest BCUT2D eigenvalue weighted by Gasteiger charge is 2.20. The molecule has 0 N–H and O–H groups in total. The number of hydrogen-bond donors (Lipinski definition) is 0. The van der Waals surface area contributed by atoms with E-state index in [1.165, 1.54) is 4.68 Å². The lowest BCUT2D eigenvalue weighted by Gasteiger charge is -2.36. The van der Waals surface area contributed by atoms with Gasteiger partial charge in [-0.2, -0.15) is 0 Å². The smallest absolute Gasteiger partial charge is 0.349 e. The van der Waals surface area contributed by atoms with E-state index in [0.29, 0.717) is 19.1 Å². The van der Waals surface area contributed by atoms with Crippen LogP contribution in [0.15, 0.2) is 70.3 Å². The second-order valence-electron chi connectivity index (χ2n) is 9.25. The first kappa shape index (κ1) is 25.8. The van der Waals surface area contributed by atoms with Crippen LogP contribution in [0.5, 0.6) is 5.88 Å². The molecule has 0 atom stereocenters. The Morgan fingerprint density at radius 3 is 2.06 bits per heavy atom. The monoisotopic (exact) mass is 493 g/mol. The van der Waals surface area contributed by atoms with Crippen LogP contribution in [0.1, 0.15) is 25.0 Å². The highest BCUT2D eigenvalue weighted by atomic mass is 16.5. The van der Waals surface area contributed by atoms with E-state index in [1.807, 2.05) is 60.7 Å². The first-order valence-corrected chi connectivity index (χ1v) is 12.5. The summed E-state index contributed by atoms with van der Waals surface area (Å²) in [6.07, 6.45) is 0. The highest BCUT2D eigenvalue weighted by Crippen LogP contribution is 2.07. The van der Waals surface area contributed by atoms with Crippen molar-refractivity contribution < 1.29 is 9.47 Å². The van der Waals surface area contributed by atoms with Gasteiger partial charge in [0.15, 0.2) is 0 Å². The molecule has 1 aliphatic heterocycles. The summed E-state index contributed by atoms with van der Waals surface area (Å²) in [6.45, 7) is 9.60. The second-order valence-corrected chi connectivity index (χ2v) is 9.25. The van der Waals surface area contributed by atoms with Gasteiger partial charge in [-0.1, -0.05) is 60.7 Å². The van der Waals surface area contributed by atoms with Crippen molar-refractivity contribution in [2.75, 3.05) is 32.7 Å². The molecule has 1 fully saturated rings. The maximum atomic E-state index is 13.2. The molecule has 36 heavy (non-hydrogen) atoms. The van der Waals surface area contributed by atoms with Crippen LogP contribution in [-0.2, 0) is 31.2 Å². The highest BCUT2D eigenvalue weighted by molar-refractivity contribution is 5.15. The molecule has 0 bridgehead atoms. The van der Waals surface area contributed by atoms with Crippen molar-refractivity contribution in [1.29, 1.82) is 0 Å². The molecular weight excluding hydrogens is 458 g/mol. The van der Waals surface area contributed by atoms with Gasteiger partial charge in [0.1, 0.15) is 13.3 Å². The standard InChI is InChI=1S/C27H35N5O4/c1-22(2)30-16-13-29(14-17-30)15-18-32-27(34)31(21-35-19-23-9-5-3-6-10-23)26(33)25(28-32)36-20-24-11-7-4-8-12-24/h3-12,22H,13-21H2,1-2H3. The third-order valence-corrected chi connectivity index (χ3v) is 6.41. The normalized spacial score (nSPS) is 14.9. The van der Waals surface area contributed by atoms with Gasteiger partial charge < -0.3 is 9.47 Å². The van der Waals surface area contributed by atoms with Crippen molar-refractivity contribution in [1.82, 2.24) is 24.1 Å². The molecule has 192 valence electrons. The Kier molecular flexibility index (Phi) is 9.05. The Morgan fingerprint density at radius 2 is 1.44 bits per heavy atom. The summed E-state index contributed by atoms with van der Waals surface area (Å²) in [5.41, 5.74) is 0.777. The molecule has 0 saturated carbocycles. The molecule has 4 rings (SSSR count). The summed E-state index contributed by atoms with van der Waals surface area (Å²) >= 11 is 0. The third-order valence-electron chi connectivity index (χ3n) is 6.41. The van der Waals surface area contributed by atoms with E-state index in [-0.39, 0.29) is 25.8 Å². The molecule has 0 unspecified atom stereocenters. The van der Waals surface area contributed by atoms with E-state index in [9.17, 15) is 9.59 Å². The molecule has 0 spiro atoms. The van der Waals surface area contributed by atoms with Crippen LogP contribution >= 0.6 is 0 Å². The molecule has 0 radical (unpaired) electrons. The Labute approximate surface area is 211 Å². The fourth-order valence-corrected chi connectivity index (χ4v) is 4.18. The lowest BCUT2D eigenvalue weighted by molar-refractivity contribution is 0.0550. The minimum atomic E-state index is -0.592. The van der Waals surface area contributed by atoms with Gasteiger partial charge in [-0.25, -0.2) is 14.0 Å². The quantitative estimate of drug-likeness (QED) is 0.405. The van der Waals surface area contributed by atoms with E-state index >= 15 is 0 Å². The molecule has 0 aliphatic carbocycles. The molecule has 1 saturated heterocycles. The van der Waals surface area contributed by atoms with Crippen LogP contribution in [0.25, 0.3) is 0 Å². The summed E-state index contributed by atoms with van der Waals surface area (Å²) < 4.78 is 13.9. The number of benzene rings is 2. The van der Waals surface area contributed by atoms with Crippen molar-refractivity contribution >= 4 is 0 Å². The summed E-state index contributed by atoms with van der Waals surface area (Å²) in [6, 6.07) is 19.7. The summed E-state index contributed by atoms with van der Waals surface area (Å²) in [7, 11) is 0. The molecule has 1 aliphatic rings. The SMILES string of the molecule is CC(C)N1CCN(CCn2nc(OCc3ccccc3)c(=O)n(COCc3ccccc3)c2=O)CC1. The first-order valence-electron chi connectivity index (χ1n) is 12.5. The summed E-state index contributed by atoms with van der Waals surface area (Å²) in [5.74, 6) is -0.105. The summed E-state index contributed by atoms with van der Waals surface area (Å²) in [4.78, 5) is 31.0. The Morgan fingerprint density at radius 1 is 0.833 bits per heavy atom. The lowest BCUT2D eigenvalue weighted by atomic mass is 10.2. The van der Waals surface area contributed by atoms with Gasteiger partial charge in [-0.05, 0) is 25.0 Å². The second kappa shape index (κ2) is 12.6. The van der Waals surface area contributed by atoms with Crippen molar-refractivity contribution in [3.8, 4) is 5.88 Å². The fraction of sp³-hybridized carbons (Fsp3) is 0.444. The van der Waals surface area contributed by atoms with E-state index < -0.39 is 11.2 Å². The predicted molar refractivity (Wildman–Crippen MR) is 138 cm³/mol. The van der Waals surface area contributed by atoms with Gasteiger partial charge in [0.25, 0.3) is 5.88 Å². The minimum Gasteiger partial charge on any atom is -0.468 e. The van der Waals surface area contributed by atoms with E-state index in [1.54, 1.807) is 0 Å². The van der Waals surface area contributed by atoms with E-state index in [4.69, 9.17) is 9.47 Å². The molecule has 1 aromatic heterocycles. The minimum absolute atomic E-state index is 0.105. The van der Waals surface area contributed by atoms with Gasteiger partial charge >= 0.3 is 11.2 Å². The fourth-order valence-electron chi connectivity index (χ4n) is 4.18. The number of hydrogen-bond acceptors (Lipinski definition) is 7. The molecule has 2 aromatic carbocycles. The zero-order valence-corrected chi connectivity index (χ0v) is 21.1. The topological polar surface area (TPSA) is 81.8 Å². The van der Waals surface area contributed by atoms with Crippen molar-refractivity contribution in [3.63, 3.8) is 0 Å². The first-order chi connectivity index (χ1) is 17.5. The van der Waals surface area contributed by atoms with Gasteiger partial charge in [-0.15, -0.1) is 5.10 Å². The lowest BCUT2D eigenvalue weighted by Crippen LogP contribution is -2.50. The maximum absolute atomic E-state index is 13.2. The average Bonchev–Trinajstić information content (AvgIpc) is 2.91. The van der Waals surface area contributed by atoms with Crippen LogP contribution in [-0.4, -0.2) is 62.9 Å². The summed E-state index contributed by atoms with van der Waals surface area (Å²) in [5, 5.41) is 4.30. The Hall–Kier alpha value is -3.27. The van der Waals surface area contributed by atoms with Gasteiger partial charge in [0.2, 0.25) is 0 Å². The predicted octanol–water partition coefficient (Wildman–Crippen LogP) is 2.18. The zero-order chi connectivity index (χ0) is 25.3. The molecule has 2 heterocycles. The third kappa shape index (κ3) is 6.90. The number of nitrogens with zero attached hydrogens (tertiary/aromatic N) is 5. The van der Waals surface area contributed by atoms with Crippen LogP contribution < -0.4 is 16.0 Å². The Balaban J connectivity index is 1.48. The number of piperazine rings is 1. The van der Waals surface area contributed by atoms with Crippen molar-refractivity contribution in [3.05, 3.63) is 92.6 Å². The molecular formula is C27H35N5O4. The molecule has 0 amide bonds. The largest absolute Gasteiger partial charge is 0.468 e. The Bertz CT molecular complexity index is 1200. The maximum Gasteiger partial charge on any atom is 0.349 e. The number of rotatable bonds is 11. The van der Waals surface area contributed by atoms with Crippen molar-refractivity contribution in [2.45, 2.75) is 46.4 Å². The van der Waals surface area contributed by atoms with E-state index in [2.05, 4.69) is 28.7 Å².